The van der Waals surface area contributed by atoms with Crippen molar-refractivity contribution in [2.75, 3.05) is 18.6 Å². The van der Waals surface area contributed by atoms with E-state index in [0.717, 1.165) is 11.3 Å². The number of carbonyl (C=O) groups is 3. The molecular weight excluding hydrogens is 360 g/mol. The topological polar surface area (TPSA) is 95.9 Å². The first-order valence-corrected chi connectivity index (χ1v) is 8.96. The number of nitrogens with one attached hydrogen (secondary N) is 1. The van der Waals surface area contributed by atoms with Crippen LogP contribution in [0.5, 0.6) is 5.75 Å². The van der Waals surface area contributed by atoms with Crippen molar-refractivity contribution < 1.29 is 24.2 Å². The van der Waals surface area contributed by atoms with E-state index in [1.807, 2.05) is 0 Å². The second-order valence-electron chi connectivity index (χ2n) is 6.66. The molecule has 0 aliphatic carbocycles. The number of anilines is 1. The molecule has 0 saturated carbocycles. The predicted molar refractivity (Wildman–Crippen MR) is 104 cm³/mol. The summed E-state index contributed by atoms with van der Waals surface area (Å²) >= 11 is 0. The van der Waals surface area contributed by atoms with Crippen molar-refractivity contribution in [3.05, 3.63) is 59.2 Å². The fraction of sp³-hybridized carbons (Fsp3) is 0.286. The fourth-order valence-corrected chi connectivity index (χ4v) is 3.37. The van der Waals surface area contributed by atoms with E-state index in [-0.39, 0.29) is 18.2 Å². The molecule has 7 heteroatoms. The molecule has 0 fully saturated rings. The van der Waals surface area contributed by atoms with Gasteiger partial charge in [-0.15, -0.1) is 0 Å². The number of carbonyl (C=O) groups excluding carboxylic acids is 2. The normalized spacial score (nSPS) is 13.6. The van der Waals surface area contributed by atoms with Gasteiger partial charge in [-0.3, -0.25) is 14.4 Å². The molecular formula is C21H22N2O5. The standard InChI is InChI=1S/C21H22N2O5/c1-13(24)23-10-9-15-11-16(5-8-19(15)23)21(27)22-18(12-20(25)26)14-3-6-17(28-2)7-4-14/h3-8,11,18H,9-10,12H2,1-2H3,(H,22,27)(H,25,26)/t18-/m0/s1. The van der Waals surface area contributed by atoms with Gasteiger partial charge < -0.3 is 20.1 Å². The van der Waals surface area contributed by atoms with Gasteiger partial charge in [-0.05, 0) is 47.9 Å². The zero-order chi connectivity index (χ0) is 20.3. The number of hydrogen-bond acceptors (Lipinski definition) is 4. The number of ether oxygens (including phenoxy) is 1. The first-order valence-electron chi connectivity index (χ1n) is 8.96. The molecule has 1 aliphatic rings. The van der Waals surface area contributed by atoms with Gasteiger partial charge in [-0.25, -0.2) is 0 Å². The highest BCUT2D eigenvalue weighted by molar-refractivity contribution is 5.98. The number of nitrogens with zero attached hydrogens (tertiary/aromatic N) is 1. The lowest BCUT2D eigenvalue weighted by molar-refractivity contribution is -0.137. The third-order valence-electron chi connectivity index (χ3n) is 4.82. The summed E-state index contributed by atoms with van der Waals surface area (Å²) in [4.78, 5) is 37.3. The molecule has 0 aromatic heterocycles. The zero-order valence-electron chi connectivity index (χ0n) is 15.8. The molecule has 2 N–H and O–H groups in total. The van der Waals surface area contributed by atoms with Crippen molar-refractivity contribution in [2.24, 2.45) is 0 Å². The molecule has 7 nitrogen and oxygen atoms in total. The number of amides is 2. The number of carboxylic acids is 1. The van der Waals surface area contributed by atoms with Crippen LogP contribution in [0.15, 0.2) is 42.5 Å². The van der Waals surface area contributed by atoms with Crippen LogP contribution in [-0.4, -0.2) is 36.5 Å². The van der Waals surface area contributed by atoms with E-state index in [4.69, 9.17) is 4.74 Å². The van der Waals surface area contributed by atoms with Crippen LogP contribution in [0.1, 0.15) is 40.9 Å². The molecule has 0 radical (unpaired) electrons. The lowest BCUT2D eigenvalue weighted by Crippen LogP contribution is -2.30. The summed E-state index contributed by atoms with van der Waals surface area (Å²) in [7, 11) is 1.55. The molecule has 0 unspecified atom stereocenters. The van der Waals surface area contributed by atoms with Gasteiger partial charge in [0.2, 0.25) is 5.91 Å². The zero-order valence-corrected chi connectivity index (χ0v) is 15.8. The molecule has 1 aliphatic heterocycles. The highest BCUT2D eigenvalue weighted by Crippen LogP contribution is 2.29. The van der Waals surface area contributed by atoms with Crippen molar-refractivity contribution in [2.45, 2.75) is 25.8 Å². The van der Waals surface area contributed by atoms with E-state index in [0.29, 0.717) is 29.8 Å². The molecule has 0 spiro atoms. The molecule has 2 aromatic rings. The minimum Gasteiger partial charge on any atom is -0.497 e. The fourth-order valence-electron chi connectivity index (χ4n) is 3.37. The molecule has 3 rings (SSSR count). The number of fused-ring (bicyclic) bond motifs is 1. The summed E-state index contributed by atoms with van der Waals surface area (Å²) in [5, 5.41) is 12.0. The Kier molecular flexibility index (Phi) is 5.63. The van der Waals surface area contributed by atoms with Crippen LogP contribution < -0.4 is 15.0 Å². The van der Waals surface area contributed by atoms with Crippen molar-refractivity contribution in [3.8, 4) is 5.75 Å². The Balaban J connectivity index is 1.80. The van der Waals surface area contributed by atoms with Crippen LogP contribution in [0.3, 0.4) is 0 Å². The Morgan fingerprint density at radius 1 is 1.18 bits per heavy atom. The Bertz CT molecular complexity index is 908. The average molecular weight is 382 g/mol. The summed E-state index contributed by atoms with van der Waals surface area (Å²) in [6.07, 6.45) is 0.453. The maximum Gasteiger partial charge on any atom is 0.305 e. The van der Waals surface area contributed by atoms with Crippen LogP contribution in [0, 0.1) is 0 Å². The van der Waals surface area contributed by atoms with Crippen LogP contribution in [0.4, 0.5) is 5.69 Å². The van der Waals surface area contributed by atoms with Crippen LogP contribution >= 0.6 is 0 Å². The smallest absolute Gasteiger partial charge is 0.305 e. The number of benzene rings is 2. The summed E-state index contributed by atoms with van der Waals surface area (Å²) in [5.41, 5.74) is 2.87. The van der Waals surface area contributed by atoms with E-state index in [2.05, 4.69) is 5.32 Å². The van der Waals surface area contributed by atoms with Crippen molar-refractivity contribution >= 4 is 23.5 Å². The third kappa shape index (κ3) is 4.14. The first-order chi connectivity index (χ1) is 13.4. The molecule has 28 heavy (non-hydrogen) atoms. The largest absolute Gasteiger partial charge is 0.497 e. The van der Waals surface area contributed by atoms with E-state index in [1.54, 1.807) is 54.5 Å². The molecule has 146 valence electrons. The summed E-state index contributed by atoms with van der Waals surface area (Å²) < 4.78 is 5.12. The molecule has 0 saturated heterocycles. The van der Waals surface area contributed by atoms with Gasteiger partial charge >= 0.3 is 5.97 Å². The van der Waals surface area contributed by atoms with E-state index < -0.39 is 12.0 Å². The predicted octanol–water partition coefficient (Wildman–Crippen LogP) is 2.55. The number of aliphatic carboxylic acids is 1. The van der Waals surface area contributed by atoms with E-state index in [9.17, 15) is 19.5 Å². The monoisotopic (exact) mass is 382 g/mol. The van der Waals surface area contributed by atoms with Crippen molar-refractivity contribution in [1.29, 1.82) is 0 Å². The number of rotatable bonds is 6. The Morgan fingerprint density at radius 2 is 1.89 bits per heavy atom. The second kappa shape index (κ2) is 8.12. The van der Waals surface area contributed by atoms with Gasteiger partial charge in [-0.2, -0.15) is 0 Å². The van der Waals surface area contributed by atoms with E-state index in [1.165, 1.54) is 6.92 Å². The van der Waals surface area contributed by atoms with Gasteiger partial charge in [0.25, 0.3) is 5.91 Å². The maximum absolute atomic E-state index is 12.7. The summed E-state index contributed by atoms with van der Waals surface area (Å²) in [6, 6.07) is 11.4. The number of hydrogen-bond donors (Lipinski definition) is 2. The Labute approximate surface area is 162 Å². The SMILES string of the molecule is COc1ccc([C@H](CC(=O)O)NC(=O)c2ccc3c(c2)CCN3C(C)=O)cc1. The lowest BCUT2D eigenvalue weighted by Gasteiger charge is -2.19. The van der Waals surface area contributed by atoms with Crippen LogP contribution in [0.2, 0.25) is 0 Å². The second-order valence-corrected chi connectivity index (χ2v) is 6.66. The number of carboxylic acid groups (broad SMARTS) is 1. The minimum absolute atomic E-state index is 0.0306. The van der Waals surface area contributed by atoms with Gasteiger partial charge in [0, 0.05) is 24.7 Å². The summed E-state index contributed by atoms with van der Waals surface area (Å²) in [5.74, 6) is -0.743. The lowest BCUT2D eigenvalue weighted by atomic mass is 10.0. The van der Waals surface area contributed by atoms with Gasteiger partial charge in [0.1, 0.15) is 5.75 Å². The minimum atomic E-state index is -1.01. The highest BCUT2D eigenvalue weighted by atomic mass is 16.5. The van der Waals surface area contributed by atoms with Gasteiger partial charge in [0.05, 0.1) is 19.6 Å². The van der Waals surface area contributed by atoms with Crippen molar-refractivity contribution in [1.82, 2.24) is 5.32 Å². The molecule has 1 heterocycles. The first kappa shape index (κ1) is 19.4. The molecule has 0 bridgehead atoms. The van der Waals surface area contributed by atoms with Crippen LogP contribution in [-0.2, 0) is 16.0 Å². The molecule has 2 aromatic carbocycles. The maximum atomic E-state index is 12.7. The highest BCUT2D eigenvalue weighted by Gasteiger charge is 2.24. The van der Waals surface area contributed by atoms with Gasteiger partial charge in [-0.1, -0.05) is 12.1 Å². The number of methoxy groups -OCH3 is 1. The quantitative estimate of drug-likeness (QED) is 0.800. The average Bonchev–Trinajstić information content (AvgIpc) is 3.10. The summed E-state index contributed by atoms with van der Waals surface area (Å²) in [6.45, 7) is 2.12. The third-order valence-corrected chi connectivity index (χ3v) is 4.82. The molecule has 1 atom stereocenters. The van der Waals surface area contributed by atoms with Gasteiger partial charge in [0.15, 0.2) is 0 Å². The van der Waals surface area contributed by atoms with E-state index >= 15 is 0 Å². The Hall–Kier alpha value is -3.35. The van der Waals surface area contributed by atoms with Crippen LogP contribution in [0.25, 0.3) is 0 Å². The Morgan fingerprint density at radius 3 is 2.50 bits per heavy atom. The molecule has 2 amide bonds. The van der Waals surface area contributed by atoms with Crippen molar-refractivity contribution in [3.63, 3.8) is 0 Å².